The first kappa shape index (κ1) is 20.1. The van der Waals surface area contributed by atoms with Crippen LogP contribution < -0.4 is 10.6 Å². The minimum absolute atomic E-state index is 0.0714. The van der Waals surface area contributed by atoms with E-state index in [0.717, 1.165) is 38.2 Å². The van der Waals surface area contributed by atoms with Gasteiger partial charge in [-0.15, -0.1) is 0 Å². The number of ether oxygens (including phenoxy) is 1. The van der Waals surface area contributed by atoms with Crippen molar-refractivity contribution >= 4 is 39.9 Å². The first-order chi connectivity index (χ1) is 12.4. The highest BCUT2D eigenvalue weighted by molar-refractivity contribution is 9.10. The molecule has 0 saturated heterocycles. The van der Waals surface area contributed by atoms with E-state index in [4.69, 9.17) is 4.74 Å². The number of rotatable bonds is 5. The zero-order valence-corrected chi connectivity index (χ0v) is 15.7. The third kappa shape index (κ3) is 6.95. The number of carbonyl (C=O) groups excluding carboxylic acids is 3. The maximum atomic E-state index is 13.5. The van der Waals surface area contributed by atoms with Gasteiger partial charge < -0.3 is 10.1 Å². The van der Waals surface area contributed by atoms with E-state index in [9.17, 15) is 18.8 Å². The Morgan fingerprint density at radius 1 is 1.23 bits per heavy atom. The van der Waals surface area contributed by atoms with Gasteiger partial charge in [0.15, 0.2) is 6.61 Å². The van der Waals surface area contributed by atoms with Gasteiger partial charge in [-0.1, -0.05) is 35.2 Å². The van der Waals surface area contributed by atoms with Gasteiger partial charge >= 0.3 is 12.0 Å². The smallest absolute Gasteiger partial charge is 0.331 e. The predicted molar refractivity (Wildman–Crippen MR) is 97.6 cm³/mol. The molecule has 0 aliphatic heterocycles. The summed E-state index contributed by atoms with van der Waals surface area (Å²) in [6.07, 6.45) is 7.33. The van der Waals surface area contributed by atoms with Crippen LogP contribution in [0.5, 0.6) is 0 Å². The standard InChI is InChI=1S/C18H20BrFN2O4/c19-13-7-8-15(20)12(10-13)6-9-17(24)26-11-16(23)22-18(25)21-14-4-2-1-3-5-14/h6-10,14H,1-5,11H2,(H2,21,22,23,25)/b9-6+. The van der Waals surface area contributed by atoms with Gasteiger partial charge in [0, 0.05) is 22.2 Å². The molecular formula is C18H20BrFN2O4. The third-order valence-corrected chi connectivity index (χ3v) is 4.39. The van der Waals surface area contributed by atoms with Gasteiger partial charge in [0.1, 0.15) is 5.82 Å². The summed E-state index contributed by atoms with van der Waals surface area (Å²) >= 11 is 3.20. The summed E-state index contributed by atoms with van der Waals surface area (Å²) in [4.78, 5) is 34.9. The van der Waals surface area contributed by atoms with Crippen LogP contribution in [0.2, 0.25) is 0 Å². The molecule has 0 spiro atoms. The lowest BCUT2D eigenvalue weighted by Crippen LogP contribution is -2.46. The minimum Gasteiger partial charge on any atom is -0.452 e. The summed E-state index contributed by atoms with van der Waals surface area (Å²) in [7, 11) is 0. The van der Waals surface area contributed by atoms with Crippen LogP contribution in [-0.2, 0) is 14.3 Å². The Bertz CT molecular complexity index is 702. The lowest BCUT2D eigenvalue weighted by Gasteiger charge is -2.22. The molecule has 8 heteroatoms. The summed E-state index contributed by atoms with van der Waals surface area (Å²) in [5, 5.41) is 4.84. The first-order valence-electron chi connectivity index (χ1n) is 8.34. The highest BCUT2D eigenvalue weighted by Crippen LogP contribution is 2.17. The number of benzene rings is 1. The number of carbonyl (C=O) groups is 3. The summed E-state index contributed by atoms with van der Waals surface area (Å²) in [6, 6.07) is 3.77. The monoisotopic (exact) mass is 426 g/mol. The average molecular weight is 427 g/mol. The lowest BCUT2D eigenvalue weighted by molar-refractivity contribution is -0.143. The summed E-state index contributed by atoms with van der Waals surface area (Å²) < 4.78 is 18.9. The van der Waals surface area contributed by atoms with Crippen LogP contribution in [0.15, 0.2) is 28.7 Å². The Kier molecular flexibility index (Phi) is 7.77. The zero-order chi connectivity index (χ0) is 18.9. The number of halogens is 2. The van der Waals surface area contributed by atoms with E-state index in [-0.39, 0.29) is 11.6 Å². The van der Waals surface area contributed by atoms with Gasteiger partial charge in [-0.3, -0.25) is 10.1 Å². The van der Waals surface area contributed by atoms with E-state index < -0.39 is 30.3 Å². The van der Waals surface area contributed by atoms with Gasteiger partial charge in [0.05, 0.1) is 0 Å². The highest BCUT2D eigenvalue weighted by atomic mass is 79.9. The number of hydrogen-bond donors (Lipinski definition) is 2. The van der Waals surface area contributed by atoms with E-state index in [0.29, 0.717) is 4.47 Å². The van der Waals surface area contributed by atoms with Crippen LogP contribution in [0.25, 0.3) is 6.08 Å². The molecule has 0 heterocycles. The van der Waals surface area contributed by atoms with Crippen molar-refractivity contribution in [1.82, 2.24) is 10.6 Å². The second-order valence-corrected chi connectivity index (χ2v) is 6.88. The maximum Gasteiger partial charge on any atom is 0.331 e. The van der Waals surface area contributed by atoms with E-state index in [1.165, 1.54) is 24.3 Å². The van der Waals surface area contributed by atoms with Crippen molar-refractivity contribution in [2.24, 2.45) is 0 Å². The van der Waals surface area contributed by atoms with Crippen LogP contribution in [-0.4, -0.2) is 30.6 Å². The molecule has 140 valence electrons. The summed E-state index contributed by atoms with van der Waals surface area (Å²) in [5.74, 6) is -2.03. The van der Waals surface area contributed by atoms with Gasteiger partial charge in [-0.05, 0) is 37.1 Å². The maximum absolute atomic E-state index is 13.5. The van der Waals surface area contributed by atoms with E-state index in [2.05, 4.69) is 26.6 Å². The molecule has 0 unspecified atom stereocenters. The molecule has 1 aliphatic carbocycles. The van der Waals surface area contributed by atoms with Crippen LogP contribution in [0, 0.1) is 5.82 Å². The summed E-state index contributed by atoms with van der Waals surface area (Å²) in [5.41, 5.74) is 0.202. The molecule has 1 aliphatic rings. The molecule has 1 saturated carbocycles. The van der Waals surface area contributed by atoms with Crippen LogP contribution in [0.4, 0.5) is 9.18 Å². The Balaban J connectivity index is 1.72. The molecule has 1 aromatic rings. The van der Waals surface area contributed by atoms with Gasteiger partial charge in [-0.25, -0.2) is 14.0 Å². The number of amides is 3. The number of nitrogens with one attached hydrogen (secondary N) is 2. The number of imide groups is 1. The minimum atomic E-state index is -0.813. The molecule has 2 N–H and O–H groups in total. The topological polar surface area (TPSA) is 84.5 Å². The lowest BCUT2D eigenvalue weighted by atomic mass is 9.96. The van der Waals surface area contributed by atoms with Crippen molar-refractivity contribution in [3.05, 3.63) is 40.1 Å². The molecule has 3 amide bonds. The fraction of sp³-hybridized carbons (Fsp3) is 0.389. The largest absolute Gasteiger partial charge is 0.452 e. The van der Waals surface area contributed by atoms with E-state index in [1.54, 1.807) is 0 Å². The van der Waals surface area contributed by atoms with Crippen LogP contribution in [0.3, 0.4) is 0 Å². The Hall–Kier alpha value is -2.22. The molecule has 1 fully saturated rings. The second-order valence-electron chi connectivity index (χ2n) is 5.96. The Morgan fingerprint density at radius 3 is 2.69 bits per heavy atom. The Morgan fingerprint density at radius 2 is 1.96 bits per heavy atom. The van der Waals surface area contributed by atoms with Crippen molar-refractivity contribution in [3.63, 3.8) is 0 Å². The number of hydrogen-bond acceptors (Lipinski definition) is 4. The molecule has 0 bridgehead atoms. The van der Waals surface area contributed by atoms with E-state index in [1.807, 2.05) is 0 Å². The van der Waals surface area contributed by atoms with Crippen molar-refractivity contribution in [1.29, 1.82) is 0 Å². The summed E-state index contributed by atoms with van der Waals surface area (Å²) in [6.45, 7) is -0.595. The molecular weight excluding hydrogens is 407 g/mol. The highest BCUT2D eigenvalue weighted by Gasteiger charge is 2.17. The Labute approximate surface area is 159 Å². The van der Waals surface area contributed by atoms with E-state index >= 15 is 0 Å². The zero-order valence-electron chi connectivity index (χ0n) is 14.1. The molecule has 2 rings (SSSR count). The quantitative estimate of drug-likeness (QED) is 0.558. The predicted octanol–water partition coefficient (Wildman–Crippen LogP) is 3.30. The van der Waals surface area contributed by atoms with Crippen molar-refractivity contribution in [2.75, 3.05) is 6.61 Å². The van der Waals surface area contributed by atoms with Crippen molar-refractivity contribution in [2.45, 2.75) is 38.1 Å². The van der Waals surface area contributed by atoms with Gasteiger partial charge in [0.25, 0.3) is 5.91 Å². The molecule has 0 atom stereocenters. The van der Waals surface area contributed by atoms with Gasteiger partial charge in [0.2, 0.25) is 0 Å². The van der Waals surface area contributed by atoms with Crippen LogP contribution >= 0.6 is 15.9 Å². The fourth-order valence-electron chi connectivity index (χ4n) is 2.62. The molecule has 1 aromatic carbocycles. The van der Waals surface area contributed by atoms with Crippen molar-refractivity contribution in [3.8, 4) is 0 Å². The molecule has 0 aromatic heterocycles. The second kappa shape index (κ2) is 10.1. The van der Waals surface area contributed by atoms with Crippen molar-refractivity contribution < 1.29 is 23.5 Å². The molecule has 0 radical (unpaired) electrons. The normalized spacial score (nSPS) is 14.8. The first-order valence-corrected chi connectivity index (χ1v) is 9.13. The third-order valence-electron chi connectivity index (χ3n) is 3.90. The fourth-order valence-corrected chi connectivity index (χ4v) is 2.99. The van der Waals surface area contributed by atoms with Crippen LogP contribution in [0.1, 0.15) is 37.7 Å². The van der Waals surface area contributed by atoms with Gasteiger partial charge in [-0.2, -0.15) is 0 Å². The average Bonchev–Trinajstić information content (AvgIpc) is 2.61. The molecule has 6 nitrogen and oxygen atoms in total. The number of urea groups is 1. The SMILES string of the molecule is O=C(COC(=O)/C=C/c1cc(Br)ccc1F)NC(=O)NC1CCCCC1. The number of esters is 1. The molecule has 26 heavy (non-hydrogen) atoms.